The molecule has 1 fully saturated rings. The zero-order chi connectivity index (χ0) is 12.9. The molecule has 0 saturated carbocycles. The number of hydrogen-bond acceptors (Lipinski definition) is 3. The average Bonchev–Trinajstić information content (AvgIpc) is 2.57. The van der Waals surface area contributed by atoms with Gasteiger partial charge in [0.05, 0.1) is 6.61 Å². The van der Waals surface area contributed by atoms with E-state index in [1.54, 1.807) is 17.1 Å². The summed E-state index contributed by atoms with van der Waals surface area (Å²) in [6, 6.07) is 0. The smallest absolute Gasteiger partial charge is 0.305 e. The Labute approximate surface area is 103 Å². The molecule has 0 spiro atoms. The van der Waals surface area contributed by atoms with Crippen LogP contribution in [-0.2, 0) is 14.3 Å². The molecule has 0 radical (unpaired) electrons. The number of hydrogen-bond donors (Lipinski definition) is 0. The first-order valence-corrected chi connectivity index (χ1v) is 5.81. The van der Waals surface area contributed by atoms with Crippen LogP contribution in [0.15, 0.2) is 25.3 Å². The molecule has 4 nitrogen and oxygen atoms in total. The van der Waals surface area contributed by atoms with Gasteiger partial charge in [-0.15, -0.1) is 13.2 Å². The fraction of sp³-hybridized carbons (Fsp3) is 0.538. The molecule has 0 N–H and O–H groups in total. The molecule has 0 atom stereocenters. The van der Waals surface area contributed by atoms with Gasteiger partial charge in [-0.05, 0) is 19.3 Å². The van der Waals surface area contributed by atoms with Gasteiger partial charge in [-0.1, -0.05) is 12.2 Å². The number of carbonyl (C=O) groups excluding carboxylic acids is 2. The van der Waals surface area contributed by atoms with Crippen molar-refractivity contribution in [3.63, 3.8) is 0 Å². The van der Waals surface area contributed by atoms with E-state index in [4.69, 9.17) is 4.74 Å². The Morgan fingerprint density at radius 2 is 1.82 bits per heavy atom. The van der Waals surface area contributed by atoms with Gasteiger partial charge in [0.25, 0.3) is 0 Å². The van der Waals surface area contributed by atoms with Crippen molar-refractivity contribution in [2.75, 3.05) is 19.7 Å². The van der Waals surface area contributed by atoms with Crippen LogP contribution in [0.5, 0.6) is 0 Å². The second-order valence-corrected chi connectivity index (χ2v) is 3.67. The van der Waals surface area contributed by atoms with Crippen LogP contribution in [0.1, 0.15) is 25.7 Å². The summed E-state index contributed by atoms with van der Waals surface area (Å²) in [6.45, 7) is 8.81. The van der Waals surface area contributed by atoms with Gasteiger partial charge >= 0.3 is 5.97 Å². The van der Waals surface area contributed by atoms with Gasteiger partial charge in [-0.3, -0.25) is 9.59 Å². The monoisotopic (exact) mass is 239 g/mol. The Morgan fingerprint density at radius 1 is 1.18 bits per heavy atom. The van der Waals surface area contributed by atoms with Crippen LogP contribution in [0.4, 0.5) is 0 Å². The molecule has 0 aromatic rings. The quantitative estimate of drug-likeness (QED) is 0.418. The molecule has 1 saturated heterocycles. The van der Waals surface area contributed by atoms with Crippen LogP contribution in [0.25, 0.3) is 0 Å². The topological polar surface area (TPSA) is 46.6 Å². The normalized spacial score (nSPS) is 14.5. The summed E-state index contributed by atoms with van der Waals surface area (Å²) in [4.78, 5) is 22.1. The molecule has 0 unspecified atom stereocenters. The lowest BCUT2D eigenvalue weighted by Gasteiger charge is -2.10. The molecular formula is C13H21NO3. The number of esters is 1. The van der Waals surface area contributed by atoms with E-state index in [0.717, 1.165) is 25.7 Å². The molecule has 96 valence electrons. The number of carbonyl (C=O) groups is 2. The predicted octanol–water partition coefficient (Wildman–Crippen LogP) is 1.92. The van der Waals surface area contributed by atoms with Crippen molar-refractivity contribution in [3.8, 4) is 0 Å². The predicted molar refractivity (Wildman–Crippen MR) is 67.5 cm³/mol. The lowest BCUT2D eigenvalue weighted by molar-refractivity contribution is -0.142. The maximum absolute atomic E-state index is 10.5. The van der Waals surface area contributed by atoms with E-state index >= 15 is 0 Å². The molecule has 1 heterocycles. The highest BCUT2D eigenvalue weighted by molar-refractivity contribution is 5.69. The van der Waals surface area contributed by atoms with Crippen molar-refractivity contribution in [1.29, 1.82) is 0 Å². The number of rotatable bonds is 5. The van der Waals surface area contributed by atoms with Gasteiger partial charge in [0.1, 0.15) is 0 Å². The molecule has 1 aliphatic heterocycles. The highest BCUT2D eigenvalue weighted by Gasteiger charge is 2.05. The zero-order valence-electron chi connectivity index (χ0n) is 10.3. The van der Waals surface area contributed by atoms with Crippen LogP contribution < -0.4 is 0 Å². The molecule has 1 rings (SSSR count). The largest absolute Gasteiger partial charge is 0.466 e. The summed E-state index contributed by atoms with van der Waals surface area (Å²) in [6.07, 6.45) is 7.97. The van der Waals surface area contributed by atoms with Crippen molar-refractivity contribution in [2.24, 2.45) is 0 Å². The van der Waals surface area contributed by atoms with Crippen LogP contribution >= 0.6 is 0 Å². The lowest BCUT2D eigenvalue weighted by atomic mass is 10.2. The van der Waals surface area contributed by atoms with Gasteiger partial charge in [0.2, 0.25) is 6.41 Å². The number of amides is 1. The van der Waals surface area contributed by atoms with Crippen molar-refractivity contribution in [1.82, 2.24) is 4.90 Å². The van der Waals surface area contributed by atoms with E-state index in [0.29, 0.717) is 26.1 Å². The number of cyclic esters (lactones) is 1. The molecule has 0 aromatic heterocycles. The highest BCUT2D eigenvalue weighted by Crippen LogP contribution is 2.06. The lowest BCUT2D eigenvalue weighted by Crippen LogP contribution is -2.21. The fourth-order valence-electron chi connectivity index (χ4n) is 1.30. The Morgan fingerprint density at radius 3 is 2.35 bits per heavy atom. The third-order valence-corrected chi connectivity index (χ3v) is 2.16. The maximum atomic E-state index is 10.5. The summed E-state index contributed by atoms with van der Waals surface area (Å²) >= 11 is 0. The average molecular weight is 239 g/mol. The second-order valence-electron chi connectivity index (χ2n) is 3.67. The van der Waals surface area contributed by atoms with Crippen LogP contribution in [-0.4, -0.2) is 37.0 Å². The van der Waals surface area contributed by atoms with Gasteiger partial charge in [-0.2, -0.15) is 0 Å². The minimum atomic E-state index is -0.0255. The standard InChI is InChI=1S/C7H11NO.C6H10O2/c1-3-5-8(7-9)6-4-2;7-6-4-2-1-3-5-8-6/h3-4,7H,1-2,5-6H2;1-5H2. The number of ether oxygens (including phenoxy) is 1. The van der Waals surface area contributed by atoms with Gasteiger partial charge in [0, 0.05) is 19.5 Å². The summed E-state index contributed by atoms with van der Waals surface area (Å²) in [5, 5.41) is 0. The maximum Gasteiger partial charge on any atom is 0.305 e. The van der Waals surface area contributed by atoms with E-state index in [1.807, 2.05) is 0 Å². The molecular weight excluding hydrogens is 218 g/mol. The Bertz CT molecular complexity index is 231. The van der Waals surface area contributed by atoms with E-state index in [1.165, 1.54) is 0 Å². The molecule has 1 aliphatic rings. The summed E-state index contributed by atoms with van der Waals surface area (Å²) in [5.41, 5.74) is 0. The van der Waals surface area contributed by atoms with Crippen molar-refractivity contribution < 1.29 is 14.3 Å². The van der Waals surface area contributed by atoms with Crippen LogP contribution in [0.2, 0.25) is 0 Å². The fourth-order valence-corrected chi connectivity index (χ4v) is 1.30. The minimum Gasteiger partial charge on any atom is -0.466 e. The summed E-state index contributed by atoms with van der Waals surface area (Å²) in [7, 11) is 0. The molecule has 1 amide bonds. The number of nitrogens with zero attached hydrogens (tertiary/aromatic N) is 1. The van der Waals surface area contributed by atoms with Gasteiger partial charge < -0.3 is 9.64 Å². The molecule has 0 aromatic carbocycles. The van der Waals surface area contributed by atoms with Crippen molar-refractivity contribution >= 4 is 12.4 Å². The third kappa shape index (κ3) is 9.35. The highest BCUT2D eigenvalue weighted by atomic mass is 16.5. The molecule has 0 aliphatic carbocycles. The summed E-state index contributed by atoms with van der Waals surface area (Å²) < 4.78 is 4.76. The van der Waals surface area contributed by atoms with Crippen LogP contribution in [0.3, 0.4) is 0 Å². The van der Waals surface area contributed by atoms with Crippen molar-refractivity contribution in [3.05, 3.63) is 25.3 Å². The second kappa shape index (κ2) is 10.9. The first kappa shape index (κ1) is 15.4. The van der Waals surface area contributed by atoms with E-state index in [-0.39, 0.29) is 5.97 Å². The first-order valence-electron chi connectivity index (χ1n) is 5.81. The Balaban J connectivity index is 0.000000302. The molecule has 17 heavy (non-hydrogen) atoms. The van der Waals surface area contributed by atoms with E-state index in [2.05, 4.69) is 13.2 Å². The molecule has 0 bridgehead atoms. The van der Waals surface area contributed by atoms with E-state index < -0.39 is 0 Å². The van der Waals surface area contributed by atoms with Gasteiger partial charge in [-0.25, -0.2) is 0 Å². The van der Waals surface area contributed by atoms with Gasteiger partial charge in [0.15, 0.2) is 0 Å². The third-order valence-electron chi connectivity index (χ3n) is 2.16. The zero-order valence-corrected chi connectivity index (χ0v) is 10.3. The van der Waals surface area contributed by atoms with Crippen LogP contribution in [0, 0.1) is 0 Å². The Kier molecular flexibility index (Phi) is 9.91. The summed E-state index contributed by atoms with van der Waals surface area (Å²) in [5.74, 6) is -0.0255. The van der Waals surface area contributed by atoms with E-state index in [9.17, 15) is 9.59 Å². The Hall–Kier alpha value is -1.58. The minimum absolute atomic E-state index is 0.0255. The first-order chi connectivity index (χ1) is 8.24. The SMILES string of the molecule is C=CCN(C=O)CC=C.O=C1CCCCCO1. The molecule has 4 heteroatoms. The van der Waals surface area contributed by atoms with Crippen molar-refractivity contribution in [2.45, 2.75) is 25.7 Å².